The molecule has 1 amide bonds. The van der Waals surface area contributed by atoms with Crippen molar-refractivity contribution in [2.24, 2.45) is 0 Å². The average Bonchev–Trinajstić information content (AvgIpc) is 2.86. The van der Waals surface area contributed by atoms with Crippen LogP contribution in [0.25, 0.3) is 0 Å². The molecule has 0 spiro atoms. The lowest BCUT2D eigenvalue weighted by Gasteiger charge is -2.24. The molecule has 1 N–H and O–H groups in total. The predicted molar refractivity (Wildman–Crippen MR) is 78.6 cm³/mol. The normalized spacial score (nSPS) is 18.6. The Kier molecular flexibility index (Phi) is 4.21. The third kappa shape index (κ3) is 3.74. The van der Waals surface area contributed by atoms with Crippen molar-refractivity contribution in [3.63, 3.8) is 0 Å². The Balaban J connectivity index is 2.10. The fraction of sp³-hybridized carbons (Fsp3) is 0.500. The summed E-state index contributed by atoms with van der Waals surface area (Å²) < 4.78 is 5.35. The summed E-state index contributed by atoms with van der Waals surface area (Å²) in [6.07, 6.45) is 0.418. The molecule has 0 bridgehead atoms. The number of hydrogen-bond donors (Lipinski definition) is 1. The molecule has 1 aromatic carbocycles. The molecule has 0 aliphatic carbocycles. The van der Waals surface area contributed by atoms with Crippen LogP contribution < -0.4 is 0 Å². The summed E-state index contributed by atoms with van der Waals surface area (Å²) in [5.74, 6) is -0.883. The molecule has 1 heterocycles. The van der Waals surface area contributed by atoms with Crippen LogP contribution in [0.1, 0.15) is 49.0 Å². The number of carbonyl (C=O) groups is 2. The molecule has 114 valence electrons. The van der Waals surface area contributed by atoms with Gasteiger partial charge in [-0.25, -0.2) is 9.59 Å². The van der Waals surface area contributed by atoms with E-state index < -0.39 is 11.6 Å². The highest BCUT2D eigenvalue weighted by Gasteiger charge is 2.32. The van der Waals surface area contributed by atoms with Gasteiger partial charge in [-0.15, -0.1) is 0 Å². The topological polar surface area (TPSA) is 66.8 Å². The van der Waals surface area contributed by atoms with Crippen molar-refractivity contribution in [3.05, 3.63) is 35.4 Å². The summed E-state index contributed by atoms with van der Waals surface area (Å²) in [7, 11) is 0. The SMILES string of the molecule is CC(C)(C)OC(=O)N1CC[C@@H](c2ccccc2C(=O)O)C1. The second-order valence-corrected chi connectivity index (χ2v) is 6.30. The molecule has 21 heavy (non-hydrogen) atoms. The predicted octanol–water partition coefficient (Wildman–Crippen LogP) is 3.11. The average molecular weight is 291 g/mol. The van der Waals surface area contributed by atoms with Gasteiger partial charge in [0.2, 0.25) is 0 Å². The van der Waals surface area contributed by atoms with E-state index in [0.29, 0.717) is 18.7 Å². The molecular weight excluding hydrogens is 270 g/mol. The van der Waals surface area contributed by atoms with Gasteiger partial charge in [0.15, 0.2) is 0 Å². The van der Waals surface area contributed by atoms with Crippen LogP contribution in [0.3, 0.4) is 0 Å². The van der Waals surface area contributed by atoms with Crippen LogP contribution in [0.5, 0.6) is 0 Å². The summed E-state index contributed by atoms with van der Waals surface area (Å²) in [6.45, 7) is 6.58. The van der Waals surface area contributed by atoms with E-state index in [1.807, 2.05) is 32.9 Å². The maximum atomic E-state index is 12.0. The molecule has 2 rings (SSSR count). The molecule has 1 aliphatic heterocycles. The van der Waals surface area contributed by atoms with E-state index >= 15 is 0 Å². The van der Waals surface area contributed by atoms with E-state index in [4.69, 9.17) is 4.74 Å². The summed E-state index contributed by atoms with van der Waals surface area (Å²) >= 11 is 0. The first kappa shape index (κ1) is 15.4. The number of benzene rings is 1. The molecule has 5 nitrogen and oxygen atoms in total. The molecule has 0 radical (unpaired) electrons. The number of rotatable bonds is 2. The number of carboxylic acids is 1. The van der Waals surface area contributed by atoms with Gasteiger partial charge in [-0.1, -0.05) is 18.2 Å². The molecule has 1 aromatic rings. The van der Waals surface area contributed by atoms with Gasteiger partial charge in [0.05, 0.1) is 5.56 Å². The first-order chi connectivity index (χ1) is 9.78. The largest absolute Gasteiger partial charge is 0.478 e. The van der Waals surface area contributed by atoms with E-state index in [9.17, 15) is 14.7 Å². The highest BCUT2D eigenvalue weighted by atomic mass is 16.6. The number of carbonyl (C=O) groups excluding carboxylic acids is 1. The van der Waals surface area contributed by atoms with Crippen LogP contribution in [0.15, 0.2) is 24.3 Å². The monoisotopic (exact) mass is 291 g/mol. The van der Waals surface area contributed by atoms with Crippen LogP contribution in [0, 0.1) is 0 Å². The minimum Gasteiger partial charge on any atom is -0.478 e. The Bertz CT molecular complexity index is 547. The Morgan fingerprint density at radius 3 is 2.57 bits per heavy atom. The molecule has 5 heteroatoms. The fourth-order valence-corrected chi connectivity index (χ4v) is 2.55. The van der Waals surface area contributed by atoms with Gasteiger partial charge in [0.25, 0.3) is 0 Å². The summed E-state index contributed by atoms with van der Waals surface area (Å²) in [4.78, 5) is 25.0. The summed E-state index contributed by atoms with van der Waals surface area (Å²) in [5, 5.41) is 9.25. The second kappa shape index (κ2) is 5.76. The van der Waals surface area contributed by atoms with Gasteiger partial charge < -0.3 is 14.7 Å². The van der Waals surface area contributed by atoms with Gasteiger partial charge in [-0.05, 0) is 38.8 Å². The number of carboxylic acid groups (broad SMARTS) is 1. The lowest BCUT2D eigenvalue weighted by Crippen LogP contribution is -2.35. The minimum atomic E-state index is -0.929. The van der Waals surface area contributed by atoms with E-state index in [2.05, 4.69) is 0 Å². The molecule has 0 aromatic heterocycles. The Morgan fingerprint density at radius 2 is 1.95 bits per heavy atom. The van der Waals surface area contributed by atoms with E-state index in [1.165, 1.54) is 0 Å². The molecule has 0 saturated carbocycles. The first-order valence-corrected chi connectivity index (χ1v) is 7.08. The number of ether oxygens (including phenoxy) is 1. The van der Waals surface area contributed by atoms with Crippen LogP contribution in [0.4, 0.5) is 4.79 Å². The molecule has 0 unspecified atom stereocenters. The van der Waals surface area contributed by atoms with E-state index in [0.717, 1.165) is 12.0 Å². The van der Waals surface area contributed by atoms with Gasteiger partial charge in [0.1, 0.15) is 5.60 Å². The van der Waals surface area contributed by atoms with Crippen molar-refractivity contribution in [2.75, 3.05) is 13.1 Å². The third-order valence-corrected chi connectivity index (χ3v) is 3.47. The zero-order valence-corrected chi connectivity index (χ0v) is 12.6. The minimum absolute atomic E-state index is 0.0461. The number of hydrogen-bond acceptors (Lipinski definition) is 3. The van der Waals surface area contributed by atoms with Gasteiger partial charge in [0, 0.05) is 19.0 Å². The number of aromatic carboxylic acids is 1. The lowest BCUT2D eigenvalue weighted by atomic mass is 9.93. The molecule has 1 fully saturated rings. The van der Waals surface area contributed by atoms with Crippen LogP contribution in [-0.2, 0) is 4.74 Å². The second-order valence-electron chi connectivity index (χ2n) is 6.30. The third-order valence-electron chi connectivity index (χ3n) is 3.47. The van der Waals surface area contributed by atoms with Gasteiger partial charge in [-0.2, -0.15) is 0 Å². The Hall–Kier alpha value is -2.04. The Labute approximate surface area is 124 Å². The lowest BCUT2D eigenvalue weighted by molar-refractivity contribution is 0.0292. The van der Waals surface area contributed by atoms with Crippen molar-refractivity contribution in [2.45, 2.75) is 38.7 Å². The zero-order valence-electron chi connectivity index (χ0n) is 12.6. The van der Waals surface area contributed by atoms with Gasteiger partial charge in [-0.3, -0.25) is 0 Å². The van der Waals surface area contributed by atoms with E-state index in [1.54, 1.807) is 17.0 Å². The zero-order chi connectivity index (χ0) is 15.6. The first-order valence-electron chi connectivity index (χ1n) is 7.08. The maximum Gasteiger partial charge on any atom is 0.410 e. The van der Waals surface area contributed by atoms with E-state index in [-0.39, 0.29) is 12.0 Å². The smallest absolute Gasteiger partial charge is 0.410 e. The standard InChI is InChI=1S/C16H21NO4/c1-16(2,3)21-15(20)17-9-8-11(10-17)12-6-4-5-7-13(12)14(18)19/h4-7,11H,8-10H2,1-3H3,(H,18,19)/t11-/m1/s1. The van der Waals surface area contributed by atoms with Crippen molar-refractivity contribution < 1.29 is 19.4 Å². The van der Waals surface area contributed by atoms with Crippen molar-refractivity contribution in [3.8, 4) is 0 Å². The summed E-state index contributed by atoms with van der Waals surface area (Å²) in [6, 6.07) is 6.98. The number of amides is 1. The Morgan fingerprint density at radius 1 is 1.29 bits per heavy atom. The van der Waals surface area contributed by atoms with Crippen LogP contribution in [0.2, 0.25) is 0 Å². The van der Waals surface area contributed by atoms with Crippen LogP contribution >= 0.6 is 0 Å². The van der Waals surface area contributed by atoms with Crippen molar-refractivity contribution >= 4 is 12.1 Å². The van der Waals surface area contributed by atoms with Crippen LogP contribution in [-0.4, -0.2) is 40.8 Å². The van der Waals surface area contributed by atoms with Crippen molar-refractivity contribution in [1.82, 2.24) is 4.90 Å². The quantitative estimate of drug-likeness (QED) is 0.909. The highest BCUT2D eigenvalue weighted by molar-refractivity contribution is 5.89. The van der Waals surface area contributed by atoms with Crippen molar-refractivity contribution in [1.29, 1.82) is 0 Å². The highest BCUT2D eigenvalue weighted by Crippen LogP contribution is 2.30. The molecule has 1 atom stereocenters. The summed E-state index contributed by atoms with van der Waals surface area (Å²) in [5.41, 5.74) is 0.582. The van der Waals surface area contributed by atoms with Gasteiger partial charge >= 0.3 is 12.1 Å². The maximum absolute atomic E-state index is 12.0. The number of nitrogens with zero attached hydrogens (tertiary/aromatic N) is 1. The molecular formula is C16H21NO4. The fourth-order valence-electron chi connectivity index (χ4n) is 2.55. The molecule has 1 aliphatic rings. The number of likely N-dealkylation sites (tertiary alicyclic amines) is 1. The molecule has 1 saturated heterocycles.